The molecule has 2 aromatic heterocycles. The number of hydrogen-bond acceptors (Lipinski definition) is 3. The molecular weight excluding hydrogens is 239 g/mol. The standard InChI is InChI=1S/C9H5Cl2N2S/c10-7-1-6(3-12-4-7)2-8-5-13-9(11)14-8/h1-5H. The van der Waals surface area contributed by atoms with E-state index in [2.05, 4.69) is 9.97 Å². The Morgan fingerprint density at radius 3 is 2.71 bits per heavy atom. The summed E-state index contributed by atoms with van der Waals surface area (Å²) in [4.78, 5) is 8.89. The van der Waals surface area contributed by atoms with Crippen LogP contribution in [0.2, 0.25) is 9.49 Å². The molecule has 0 aromatic carbocycles. The third-order valence-corrected chi connectivity index (χ3v) is 2.80. The highest BCUT2D eigenvalue weighted by Crippen LogP contribution is 2.22. The van der Waals surface area contributed by atoms with Gasteiger partial charge in [-0.2, -0.15) is 0 Å². The van der Waals surface area contributed by atoms with Gasteiger partial charge in [-0.3, -0.25) is 4.98 Å². The quantitative estimate of drug-likeness (QED) is 0.808. The Kier molecular flexibility index (Phi) is 3.01. The van der Waals surface area contributed by atoms with Crippen molar-refractivity contribution in [3.05, 3.63) is 51.0 Å². The molecule has 0 fully saturated rings. The van der Waals surface area contributed by atoms with Crippen LogP contribution in [0.3, 0.4) is 0 Å². The first-order valence-electron chi connectivity index (χ1n) is 3.81. The molecular formula is C9H5Cl2N2S. The Labute approximate surface area is 95.5 Å². The number of hydrogen-bond donors (Lipinski definition) is 0. The van der Waals surface area contributed by atoms with Crippen LogP contribution in [0.1, 0.15) is 10.4 Å². The van der Waals surface area contributed by atoms with Crippen LogP contribution in [0.25, 0.3) is 0 Å². The zero-order valence-electron chi connectivity index (χ0n) is 6.95. The van der Waals surface area contributed by atoms with Gasteiger partial charge in [0.2, 0.25) is 0 Å². The van der Waals surface area contributed by atoms with Gasteiger partial charge in [0.05, 0.1) is 5.02 Å². The first-order valence-corrected chi connectivity index (χ1v) is 5.38. The monoisotopic (exact) mass is 243 g/mol. The van der Waals surface area contributed by atoms with Gasteiger partial charge in [-0.15, -0.1) is 11.3 Å². The van der Waals surface area contributed by atoms with Crippen LogP contribution in [0.15, 0.2) is 24.7 Å². The summed E-state index contributed by atoms with van der Waals surface area (Å²) in [5, 5.41) is 0.620. The predicted octanol–water partition coefficient (Wildman–Crippen LogP) is 3.45. The first kappa shape index (κ1) is 9.90. The lowest BCUT2D eigenvalue weighted by atomic mass is 10.2. The first-order chi connectivity index (χ1) is 6.74. The molecule has 5 heteroatoms. The van der Waals surface area contributed by atoms with Crippen LogP contribution < -0.4 is 0 Å². The van der Waals surface area contributed by atoms with E-state index < -0.39 is 0 Å². The number of halogens is 2. The molecule has 2 rings (SSSR count). The molecule has 0 unspecified atom stereocenters. The molecule has 0 saturated heterocycles. The normalized spacial score (nSPS) is 10.4. The van der Waals surface area contributed by atoms with Crippen LogP contribution in [0.4, 0.5) is 0 Å². The van der Waals surface area contributed by atoms with Crippen molar-refractivity contribution in [1.82, 2.24) is 9.97 Å². The summed E-state index contributed by atoms with van der Waals surface area (Å²) >= 11 is 12.9. The van der Waals surface area contributed by atoms with E-state index in [1.165, 1.54) is 11.3 Å². The van der Waals surface area contributed by atoms with Gasteiger partial charge in [-0.05, 0) is 11.6 Å². The summed E-state index contributed by atoms with van der Waals surface area (Å²) in [6.45, 7) is 0. The third kappa shape index (κ3) is 2.44. The second-order valence-electron chi connectivity index (χ2n) is 2.60. The van der Waals surface area contributed by atoms with Gasteiger partial charge in [-0.25, -0.2) is 4.98 Å². The Balaban J connectivity index is 2.18. The highest BCUT2D eigenvalue weighted by molar-refractivity contribution is 7.15. The molecule has 2 nitrogen and oxygen atoms in total. The lowest BCUT2D eigenvalue weighted by molar-refractivity contribution is 1.28. The van der Waals surface area contributed by atoms with Crippen molar-refractivity contribution < 1.29 is 0 Å². The maximum atomic E-state index is 5.80. The van der Waals surface area contributed by atoms with Crippen LogP contribution in [0, 0.1) is 6.42 Å². The van der Waals surface area contributed by atoms with Crippen molar-refractivity contribution in [2.75, 3.05) is 0 Å². The van der Waals surface area contributed by atoms with Crippen LogP contribution >= 0.6 is 34.5 Å². The minimum Gasteiger partial charge on any atom is -0.263 e. The predicted molar refractivity (Wildman–Crippen MR) is 58.9 cm³/mol. The van der Waals surface area contributed by atoms with Crippen molar-refractivity contribution in [3.63, 3.8) is 0 Å². The van der Waals surface area contributed by atoms with E-state index in [1.807, 2.05) is 12.5 Å². The summed E-state index contributed by atoms with van der Waals surface area (Å²) in [6, 6.07) is 1.84. The lowest BCUT2D eigenvalue weighted by Gasteiger charge is -1.96. The fourth-order valence-corrected chi connectivity index (χ4v) is 2.10. The van der Waals surface area contributed by atoms with E-state index in [0.717, 1.165) is 10.4 Å². The van der Waals surface area contributed by atoms with Crippen LogP contribution in [-0.2, 0) is 0 Å². The van der Waals surface area contributed by atoms with Crippen molar-refractivity contribution in [3.8, 4) is 0 Å². The minimum atomic E-state index is 0.534. The molecule has 0 N–H and O–H groups in total. The lowest BCUT2D eigenvalue weighted by Crippen LogP contribution is -1.83. The van der Waals surface area contributed by atoms with Gasteiger partial charge in [0, 0.05) is 29.9 Å². The van der Waals surface area contributed by atoms with Crippen molar-refractivity contribution >= 4 is 34.5 Å². The van der Waals surface area contributed by atoms with E-state index >= 15 is 0 Å². The zero-order chi connectivity index (χ0) is 9.97. The molecule has 0 aliphatic carbocycles. The molecule has 0 aliphatic rings. The average molecular weight is 244 g/mol. The molecule has 14 heavy (non-hydrogen) atoms. The molecule has 0 amide bonds. The van der Waals surface area contributed by atoms with E-state index in [-0.39, 0.29) is 0 Å². The van der Waals surface area contributed by atoms with Crippen LogP contribution in [-0.4, -0.2) is 9.97 Å². The van der Waals surface area contributed by atoms with Gasteiger partial charge in [0.25, 0.3) is 0 Å². The molecule has 0 spiro atoms. The topological polar surface area (TPSA) is 25.8 Å². The van der Waals surface area contributed by atoms with Crippen molar-refractivity contribution in [2.45, 2.75) is 0 Å². The summed E-state index contributed by atoms with van der Waals surface area (Å²) in [6.07, 6.45) is 6.98. The number of aromatic nitrogens is 2. The summed E-state index contributed by atoms with van der Waals surface area (Å²) in [5.74, 6) is 0. The Morgan fingerprint density at radius 2 is 2.07 bits per heavy atom. The molecule has 2 heterocycles. The van der Waals surface area contributed by atoms with Gasteiger partial charge >= 0.3 is 0 Å². The molecule has 1 radical (unpaired) electrons. The van der Waals surface area contributed by atoms with Gasteiger partial charge in [0.15, 0.2) is 4.47 Å². The fraction of sp³-hybridized carbons (Fsp3) is 0. The third-order valence-electron chi connectivity index (χ3n) is 1.53. The Hall–Kier alpha value is -0.640. The average Bonchev–Trinajstić information content (AvgIpc) is 2.51. The molecule has 0 bridgehead atoms. The Bertz CT molecular complexity index is 442. The second-order valence-corrected chi connectivity index (χ2v) is 4.68. The van der Waals surface area contributed by atoms with E-state index in [9.17, 15) is 0 Å². The molecule has 0 atom stereocenters. The van der Waals surface area contributed by atoms with Crippen LogP contribution in [0.5, 0.6) is 0 Å². The summed E-state index contributed by atoms with van der Waals surface area (Å²) in [7, 11) is 0. The van der Waals surface area contributed by atoms with Gasteiger partial charge in [-0.1, -0.05) is 23.2 Å². The molecule has 71 valence electrons. The van der Waals surface area contributed by atoms with E-state index in [0.29, 0.717) is 9.49 Å². The summed E-state index contributed by atoms with van der Waals surface area (Å²) in [5.41, 5.74) is 0.942. The maximum Gasteiger partial charge on any atom is 0.183 e. The highest BCUT2D eigenvalue weighted by Gasteiger charge is 2.02. The number of thiazole rings is 1. The molecule has 0 saturated carbocycles. The smallest absolute Gasteiger partial charge is 0.183 e. The SMILES string of the molecule is Clc1cncc([CH]c2cnc(Cl)s2)c1. The Morgan fingerprint density at radius 1 is 1.21 bits per heavy atom. The second kappa shape index (κ2) is 4.26. The number of rotatable bonds is 2. The van der Waals surface area contributed by atoms with E-state index in [4.69, 9.17) is 23.2 Å². The minimum absolute atomic E-state index is 0.534. The zero-order valence-corrected chi connectivity index (χ0v) is 9.27. The fourth-order valence-electron chi connectivity index (χ4n) is 1.00. The van der Waals surface area contributed by atoms with Crippen molar-refractivity contribution in [1.29, 1.82) is 0 Å². The van der Waals surface area contributed by atoms with Crippen molar-refractivity contribution in [2.24, 2.45) is 0 Å². The van der Waals surface area contributed by atoms with Gasteiger partial charge in [0.1, 0.15) is 0 Å². The number of pyridine rings is 1. The molecule has 2 aromatic rings. The molecule has 0 aliphatic heterocycles. The maximum absolute atomic E-state index is 5.80. The summed E-state index contributed by atoms with van der Waals surface area (Å²) < 4.78 is 0.534. The highest BCUT2D eigenvalue weighted by atomic mass is 35.5. The number of nitrogens with zero attached hydrogens (tertiary/aromatic N) is 2. The largest absolute Gasteiger partial charge is 0.263 e. The van der Waals surface area contributed by atoms with Gasteiger partial charge < -0.3 is 0 Å². The van der Waals surface area contributed by atoms with E-state index in [1.54, 1.807) is 18.6 Å².